The van der Waals surface area contributed by atoms with Gasteiger partial charge in [0.25, 0.3) is 0 Å². The topological polar surface area (TPSA) is 64.1 Å². The number of ether oxygens (including phenoxy) is 3. The normalized spacial score (nSPS) is 11.7. The highest BCUT2D eigenvalue weighted by Crippen LogP contribution is 2.17. The number of nitrogens with one attached hydrogen (secondary N) is 2. The summed E-state index contributed by atoms with van der Waals surface area (Å²) >= 11 is 0. The minimum atomic E-state index is -4.30. The average molecular weight is 519 g/mol. The zero-order chi connectivity index (χ0) is 20.0. The fourth-order valence-corrected chi connectivity index (χ4v) is 2.05. The maximum absolute atomic E-state index is 12.0. The molecule has 28 heavy (non-hydrogen) atoms. The summed E-state index contributed by atoms with van der Waals surface area (Å²) in [5, 5.41) is 6.24. The Kier molecular flexibility index (Phi) is 14.9. The Labute approximate surface area is 181 Å². The van der Waals surface area contributed by atoms with Gasteiger partial charge in [0.2, 0.25) is 0 Å². The molecule has 2 N–H and O–H groups in total. The van der Waals surface area contributed by atoms with Gasteiger partial charge in [-0.2, -0.15) is 13.2 Å². The molecule has 6 nitrogen and oxygen atoms in total. The van der Waals surface area contributed by atoms with Crippen LogP contribution < -0.4 is 15.4 Å². The molecule has 0 aromatic heterocycles. The van der Waals surface area contributed by atoms with Crippen LogP contribution in [0.25, 0.3) is 0 Å². The Morgan fingerprint density at radius 2 is 1.93 bits per heavy atom. The van der Waals surface area contributed by atoms with E-state index in [0.717, 1.165) is 17.9 Å². The number of guanidine groups is 1. The largest absolute Gasteiger partial charge is 0.493 e. The number of halogens is 4. The smallest absolute Gasteiger partial charge is 0.411 e. The molecular formula is C18H29F3IN3O3. The molecule has 0 heterocycles. The molecule has 0 unspecified atom stereocenters. The van der Waals surface area contributed by atoms with Gasteiger partial charge in [0.15, 0.2) is 5.96 Å². The summed E-state index contributed by atoms with van der Waals surface area (Å²) in [6.07, 6.45) is -3.10. The Morgan fingerprint density at radius 3 is 2.61 bits per heavy atom. The highest BCUT2D eigenvalue weighted by molar-refractivity contribution is 14.0. The van der Waals surface area contributed by atoms with Crippen LogP contribution in [0.3, 0.4) is 0 Å². The highest BCUT2D eigenvalue weighted by atomic mass is 127. The fourth-order valence-electron chi connectivity index (χ4n) is 2.05. The summed E-state index contributed by atoms with van der Waals surface area (Å²) < 4.78 is 51.2. The first kappa shape index (κ1) is 26.7. The number of aliphatic imine (C=N–C) groups is 1. The third-order valence-corrected chi connectivity index (χ3v) is 3.18. The van der Waals surface area contributed by atoms with E-state index in [9.17, 15) is 13.2 Å². The van der Waals surface area contributed by atoms with Gasteiger partial charge in [-0.3, -0.25) is 4.99 Å². The predicted octanol–water partition coefficient (Wildman–Crippen LogP) is 4.07. The molecule has 0 aliphatic heterocycles. The molecule has 0 amide bonds. The van der Waals surface area contributed by atoms with Crippen LogP contribution in [0.5, 0.6) is 5.75 Å². The van der Waals surface area contributed by atoms with Gasteiger partial charge in [0, 0.05) is 51.6 Å². The molecule has 0 radical (unpaired) electrons. The van der Waals surface area contributed by atoms with Crippen molar-refractivity contribution in [2.24, 2.45) is 4.99 Å². The van der Waals surface area contributed by atoms with Crippen LogP contribution in [-0.4, -0.2) is 58.8 Å². The lowest BCUT2D eigenvalue weighted by atomic mass is 10.3. The van der Waals surface area contributed by atoms with Crippen molar-refractivity contribution < 1.29 is 27.4 Å². The van der Waals surface area contributed by atoms with Gasteiger partial charge in [-0.25, -0.2) is 0 Å². The lowest BCUT2D eigenvalue weighted by Crippen LogP contribution is -2.30. The number of hydrogen-bond acceptors (Lipinski definition) is 4. The van der Waals surface area contributed by atoms with Crippen LogP contribution in [-0.2, 0) is 9.47 Å². The molecular weight excluding hydrogens is 490 g/mol. The first-order chi connectivity index (χ1) is 12.9. The van der Waals surface area contributed by atoms with Crippen molar-refractivity contribution in [3.8, 4) is 5.75 Å². The first-order valence-electron chi connectivity index (χ1n) is 8.86. The second kappa shape index (κ2) is 15.6. The van der Waals surface area contributed by atoms with E-state index in [-0.39, 0.29) is 30.6 Å². The molecule has 0 spiro atoms. The van der Waals surface area contributed by atoms with E-state index < -0.39 is 12.8 Å². The van der Waals surface area contributed by atoms with Crippen LogP contribution in [0, 0.1) is 0 Å². The number of methoxy groups -OCH3 is 1. The van der Waals surface area contributed by atoms with Crippen LogP contribution >= 0.6 is 24.0 Å². The molecule has 0 aliphatic rings. The van der Waals surface area contributed by atoms with Gasteiger partial charge >= 0.3 is 6.18 Å². The van der Waals surface area contributed by atoms with Gasteiger partial charge < -0.3 is 24.8 Å². The maximum Gasteiger partial charge on any atom is 0.411 e. The molecule has 0 saturated heterocycles. The van der Waals surface area contributed by atoms with E-state index in [1.165, 1.54) is 0 Å². The molecule has 0 saturated carbocycles. The van der Waals surface area contributed by atoms with Crippen molar-refractivity contribution in [1.82, 2.24) is 5.32 Å². The molecule has 1 aromatic carbocycles. The highest BCUT2D eigenvalue weighted by Gasteiger charge is 2.27. The van der Waals surface area contributed by atoms with E-state index in [4.69, 9.17) is 9.47 Å². The minimum Gasteiger partial charge on any atom is -0.493 e. The zero-order valence-corrected chi connectivity index (χ0v) is 18.5. The fraction of sp³-hybridized carbons (Fsp3) is 0.611. The minimum absolute atomic E-state index is 0. The molecule has 0 atom stereocenters. The van der Waals surface area contributed by atoms with E-state index in [1.54, 1.807) is 7.11 Å². The van der Waals surface area contributed by atoms with Crippen LogP contribution in [0.15, 0.2) is 29.3 Å². The lowest BCUT2D eigenvalue weighted by Gasteiger charge is -2.13. The molecule has 0 aliphatic carbocycles. The van der Waals surface area contributed by atoms with Crippen molar-refractivity contribution >= 4 is 35.6 Å². The monoisotopic (exact) mass is 519 g/mol. The summed E-state index contributed by atoms with van der Waals surface area (Å²) in [6, 6.07) is 7.45. The summed E-state index contributed by atoms with van der Waals surface area (Å²) in [6.45, 7) is 2.91. The Balaban J connectivity index is 0.00000729. The van der Waals surface area contributed by atoms with E-state index in [0.29, 0.717) is 38.7 Å². The Hall–Kier alpha value is -1.27. The quantitative estimate of drug-likeness (QED) is 0.189. The van der Waals surface area contributed by atoms with Crippen molar-refractivity contribution in [3.63, 3.8) is 0 Å². The molecule has 1 aromatic rings. The van der Waals surface area contributed by atoms with Crippen molar-refractivity contribution in [2.45, 2.75) is 25.9 Å². The van der Waals surface area contributed by atoms with E-state index in [1.807, 2.05) is 31.2 Å². The van der Waals surface area contributed by atoms with Crippen molar-refractivity contribution in [1.29, 1.82) is 0 Å². The van der Waals surface area contributed by atoms with Gasteiger partial charge in [0.1, 0.15) is 12.4 Å². The van der Waals surface area contributed by atoms with Gasteiger partial charge in [-0.15, -0.1) is 24.0 Å². The number of anilines is 1. The zero-order valence-electron chi connectivity index (χ0n) is 16.2. The van der Waals surface area contributed by atoms with Crippen molar-refractivity contribution in [3.05, 3.63) is 24.3 Å². The maximum atomic E-state index is 12.0. The van der Waals surface area contributed by atoms with Crippen molar-refractivity contribution in [2.75, 3.05) is 51.9 Å². The number of nitrogens with zero attached hydrogens (tertiary/aromatic N) is 1. The van der Waals surface area contributed by atoms with E-state index in [2.05, 4.69) is 20.4 Å². The number of alkyl halides is 3. The van der Waals surface area contributed by atoms with Gasteiger partial charge in [-0.1, -0.05) is 6.07 Å². The number of rotatable bonds is 12. The second-order valence-corrected chi connectivity index (χ2v) is 5.63. The third-order valence-electron chi connectivity index (χ3n) is 3.18. The first-order valence-corrected chi connectivity index (χ1v) is 8.86. The summed E-state index contributed by atoms with van der Waals surface area (Å²) in [5.41, 5.74) is 0.798. The second-order valence-electron chi connectivity index (χ2n) is 5.63. The van der Waals surface area contributed by atoms with E-state index >= 15 is 0 Å². The Bertz CT molecular complexity index is 560. The van der Waals surface area contributed by atoms with Gasteiger partial charge in [-0.05, 0) is 25.5 Å². The molecule has 10 heteroatoms. The summed E-state index contributed by atoms with van der Waals surface area (Å²) in [7, 11) is 1.65. The molecule has 1 rings (SSSR count). The molecule has 0 fully saturated rings. The summed E-state index contributed by atoms with van der Waals surface area (Å²) in [4.78, 5) is 4.33. The van der Waals surface area contributed by atoms with Crippen LogP contribution in [0.2, 0.25) is 0 Å². The number of hydrogen-bond donors (Lipinski definition) is 2. The molecule has 0 bridgehead atoms. The predicted molar refractivity (Wildman–Crippen MR) is 115 cm³/mol. The standard InChI is InChI=1S/C18H28F3N3O3.HI/c1-3-22-17(23-9-5-11-26-14-18(19,20)21)24-15-7-4-8-16(13-15)27-12-6-10-25-2;/h4,7-8,13H,3,5-6,9-12,14H2,1-2H3,(H2,22,23,24);1H. The van der Waals surface area contributed by atoms with Crippen LogP contribution in [0.4, 0.5) is 18.9 Å². The average Bonchev–Trinajstić information content (AvgIpc) is 2.61. The van der Waals surface area contributed by atoms with Crippen LogP contribution in [0.1, 0.15) is 19.8 Å². The summed E-state index contributed by atoms with van der Waals surface area (Å²) in [5.74, 6) is 1.28. The Morgan fingerprint density at radius 1 is 1.14 bits per heavy atom. The van der Waals surface area contributed by atoms with Gasteiger partial charge in [0.05, 0.1) is 6.61 Å². The lowest BCUT2D eigenvalue weighted by molar-refractivity contribution is -0.173. The third kappa shape index (κ3) is 13.8. The number of benzene rings is 1. The molecule has 162 valence electrons. The SMILES string of the molecule is CCNC(=NCCCOCC(F)(F)F)Nc1cccc(OCCCOC)c1.I.